The SMILES string of the molecule is Cc1cc(Br)cn2c(N)c(-c3ccc(Br)c(Cl)c3)nc12. The molecule has 2 heterocycles. The Balaban J connectivity index is 2.29. The highest BCUT2D eigenvalue weighted by Crippen LogP contribution is 2.33. The Bertz CT molecular complexity index is 827. The van der Waals surface area contributed by atoms with E-state index in [1.54, 1.807) is 0 Å². The Morgan fingerprint density at radius 3 is 2.70 bits per heavy atom. The maximum atomic E-state index is 6.22. The van der Waals surface area contributed by atoms with Crippen molar-refractivity contribution < 1.29 is 0 Å². The maximum Gasteiger partial charge on any atom is 0.142 e. The molecule has 0 bridgehead atoms. The van der Waals surface area contributed by atoms with Gasteiger partial charge in [-0.05, 0) is 62.5 Å². The number of nitrogen functional groups attached to an aromatic ring is 1. The summed E-state index contributed by atoms with van der Waals surface area (Å²) in [5.74, 6) is 0.600. The first-order valence-electron chi connectivity index (χ1n) is 5.86. The Labute approximate surface area is 138 Å². The zero-order valence-electron chi connectivity index (χ0n) is 10.5. The fraction of sp³-hybridized carbons (Fsp3) is 0.0714. The first-order valence-corrected chi connectivity index (χ1v) is 7.83. The van der Waals surface area contributed by atoms with Crippen LogP contribution in [0.4, 0.5) is 5.82 Å². The van der Waals surface area contributed by atoms with E-state index in [1.165, 1.54) is 0 Å². The van der Waals surface area contributed by atoms with Crippen molar-refractivity contribution in [1.29, 1.82) is 0 Å². The van der Waals surface area contributed by atoms with Crippen molar-refractivity contribution in [1.82, 2.24) is 9.38 Å². The van der Waals surface area contributed by atoms with Crippen LogP contribution in [-0.2, 0) is 0 Å². The van der Waals surface area contributed by atoms with Gasteiger partial charge in [-0.2, -0.15) is 0 Å². The fourth-order valence-electron chi connectivity index (χ4n) is 2.14. The van der Waals surface area contributed by atoms with Crippen molar-refractivity contribution in [3.63, 3.8) is 0 Å². The number of pyridine rings is 1. The number of nitrogens with zero attached hydrogens (tertiary/aromatic N) is 2. The molecule has 0 amide bonds. The molecule has 0 radical (unpaired) electrons. The first kappa shape index (κ1) is 13.9. The van der Waals surface area contributed by atoms with Gasteiger partial charge in [0.2, 0.25) is 0 Å². The lowest BCUT2D eigenvalue weighted by Gasteiger charge is -2.02. The molecule has 2 aromatic heterocycles. The summed E-state index contributed by atoms with van der Waals surface area (Å²) in [7, 11) is 0. The minimum absolute atomic E-state index is 0.600. The zero-order valence-corrected chi connectivity index (χ0v) is 14.4. The third-order valence-electron chi connectivity index (χ3n) is 3.10. The van der Waals surface area contributed by atoms with Crippen LogP contribution >= 0.6 is 43.5 Å². The van der Waals surface area contributed by atoms with Crippen LogP contribution in [0.25, 0.3) is 16.9 Å². The summed E-state index contributed by atoms with van der Waals surface area (Å²) in [5, 5.41) is 0.636. The summed E-state index contributed by atoms with van der Waals surface area (Å²) in [6, 6.07) is 7.70. The van der Waals surface area contributed by atoms with Gasteiger partial charge < -0.3 is 5.73 Å². The van der Waals surface area contributed by atoms with Crippen molar-refractivity contribution in [2.45, 2.75) is 6.92 Å². The molecule has 3 aromatic rings. The van der Waals surface area contributed by atoms with E-state index in [1.807, 2.05) is 41.8 Å². The Morgan fingerprint density at radius 2 is 2.00 bits per heavy atom. The van der Waals surface area contributed by atoms with Gasteiger partial charge in [0.1, 0.15) is 17.2 Å². The molecule has 3 rings (SSSR count). The lowest BCUT2D eigenvalue weighted by molar-refractivity contribution is 1.16. The number of imidazole rings is 1. The number of aromatic nitrogens is 2. The monoisotopic (exact) mass is 413 g/mol. The van der Waals surface area contributed by atoms with E-state index in [4.69, 9.17) is 17.3 Å². The van der Waals surface area contributed by atoms with Crippen LogP contribution in [0.1, 0.15) is 5.56 Å². The molecule has 0 saturated heterocycles. The van der Waals surface area contributed by atoms with Crippen molar-refractivity contribution >= 4 is 54.9 Å². The smallest absolute Gasteiger partial charge is 0.142 e. The van der Waals surface area contributed by atoms with Gasteiger partial charge >= 0.3 is 0 Å². The van der Waals surface area contributed by atoms with E-state index in [2.05, 4.69) is 36.8 Å². The molecule has 102 valence electrons. The van der Waals surface area contributed by atoms with E-state index in [0.717, 1.165) is 31.4 Å². The van der Waals surface area contributed by atoms with Gasteiger partial charge in [-0.1, -0.05) is 17.7 Å². The third-order valence-corrected chi connectivity index (χ3v) is 4.77. The number of aryl methyl sites for hydroxylation is 1. The molecule has 0 saturated carbocycles. The zero-order chi connectivity index (χ0) is 14.4. The quantitative estimate of drug-likeness (QED) is 0.603. The highest BCUT2D eigenvalue weighted by Gasteiger charge is 2.14. The van der Waals surface area contributed by atoms with E-state index in [9.17, 15) is 0 Å². The maximum absolute atomic E-state index is 6.22. The van der Waals surface area contributed by atoms with E-state index in [0.29, 0.717) is 10.8 Å². The van der Waals surface area contributed by atoms with Crippen LogP contribution in [0, 0.1) is 6.92 Å². The number of benzene rings is 1. The van der Waals surface area contributed by atoms with Crippen LogP contribution in [0.2, 0.25) is 5.02 Å². The number of rotatable bonds is 1. The van der Waals surface area contributed by atoms with Gasteiger partial charge in [-0.3, -0.25) is 4.40 Å². The molecule has 0 aliphatic heterocycles. The lowest BCUT2D eigenvalue weighted by Crippen LogP contribution is -1.95. The second-order valence-electron chi connectivity index (χ2n) is 4.51. The lowest BCUT2D eigenvalue weighted by atomic mass is 10.1. The van der Waals surface area contributed by atoms with Gasteiger partial charge in [-0.25, -0.2) is 4.98 Å². The minimum atomic E-state index is 0.600. The topological polar surface area (TPSA) is 43.3 Å². The number of nitrogens with two attached hydrogens (primary N) is 1. The number of hydrogen-bond donors (Lipinski definition) is 1. The molecule has 0 aliphatic carbocycles. The predicted molar refractivity (Wildman–Crippen MR) is 90.2 cm³/mol. The Morgan fingerprint density at radius 1 is 1.25 bits per heavy atom. The highest BCUT2D eigenvalue weighted by atomic mass is 79.9. The Hall–Kier alpha value is -1.04. The third kappa shape index (κ3) is 2.24. The van der Waals surface area contributed by atoms with Gasteiger partial charge in [0, 0.05) is 20.7 Å². The fourth-order valence-corrected chi connectivity index (χ4v) is 3.12. The van der Waals surface area contributed by atoms with Crippen LogP contribution in [0.3, 0.4) is 0 Å². The average Bonchev–Trinajstić information content (AvgIpc) is 2.71. The van der Waals surface area contributed by atoms with Gasteiger partial charge in [0.15, 0.2) is 0 Å². The highest BCUT2D eigenvalue weighted by molar-refractivity contribution is 9.10. The Kier molecular flexibility index (Phi) is 3.52. The standard InChI is InChI=1S/C14H10Br2ClN3/c1-7-4-9(15)6-20-13(18)12(19-14(7)20)8-2-3-10(16)11(17)5-8/h2-6H,18H2,1H3. The molecule has 0 fully saturated rings. The summed E-state index contributed by atoms with van der Waals surface area (Å²) >= 11 is 13.0. The van der Waals surface area contributed by atoms with Gasteiger partial charge in [0.25, 0.3) is 0 Å². The summed E-state index contributed by atoms with van der Waals surface area (Å²) in [6.45, 7) is 2.00. The molecular weight excluding hydrogens is 405 g/mol. The average molecular weight is 416 g/mol. The summed E-state index contributed by atoms with van der Waals surface area (Å²) in [4.78, 5) is 4.64. The number of hydrogen-bond acceptors (Lipinski definition) is 2. The predicted octanol–water partition coefficient (Wildman–Crippen LogP) is 5.07. The van der Waals surface area contributed by atoms with Crippen LogP contribution in [-0.4, -0.2) is 9.38 Å². The second kappa shape index (κ2) is 5.06. The largest absolute Gasteiger partial charge is 0.383 e. The molecule has 6 heteroatoms. The second-order valence-corrected chi connectivity index (χ2v) is 6.69. The molecule has 2 N–H and O–H groups in total. The molecule has 20 heavy (non-hydrogen) atoms. The number of fused-ring (bicyclic) bond motifs is 1. The van der Waals surface area contributed by atoms with Crippen LogP contribution in [0.15, 0.2) is 39.4 Å². The molecule has 0 atom stereocenters. The molecule has 1 aromatic carbocycles. The molecular formula is C14H10Br2ClN3. The molecule has 0 aliphatic rings. The van der Waals surface area contributed by atoms with Crippen molar-refractivity contribution in [3.05, 3.63) is 50.0 Å². The summed E-state index contributed by atoms with van der Waals surface area (Å²) < 4.78 is 3.70. The minimum Gasteiger partial charge on any atom is -0.383 e. The van der Waals surface area contributed by atoms with Crippen molar-refractivity contribution in [3.8, 4) is 11.3 Å². The number of anilines is 1. The van der Waals surface area contributed by atoms with Crippen LogP contribution in [0.5, 0.6) is 0 Å². The van der Waals surface area contributed by atoms with Crippen molar-refractivity contribution in [2.24, 2.45) is 0 Å². The molecule has 0 unspecified atom stereocenters. The van der Waals surface area contributed by atoms with Gasteiger partial charge in [-0.15, -0.1) is 0 Å². The molecule has 0 spiro atoms. The van der Waals surface area contributed by atoms with E-state index < -0.39 is 0 Å². The van der Waals surface area contributed by atoms with Crippen LogP contribution < -0.4 is 5.73 Å². The normalized spacial score (nSPS) is 11.2. The first-order chi connectivity index (χ1) is 9.47. The van der Waals surface area contributed by atoms with Gasteiger partial charge in [0.05, 0.1) is 5.02 Å². The molecule has 3 nitrogen and oxygen atoms in total. The van der Waals surface area contributed by atoms with Crippen molar-refractivity contribution in [2.75, 3.05) is 5.73 Å². The van der Waals surface area contributed by atoms with E-state index >= 15 is 0 Å². The summed E-state index contributed by atoms with van der Waals surface area (Å²) in [6.07, 6.45) is 1.91. The number of halogens is 3. The summed E-state index contributed by atoms with van der Waals surface area (Å²) in [5.41, 5.74) is 9.76. The van der Waals surface area contributed by atoms with E-state index in [-0.39, 0.29) is 0 Å².